The van der Waals surface area contributed by atoms with Crippen LogP contribution >= 0.6 is 34.3 Å². The van der Waals surface area contributed by atoms with Crippen molar-refractivity contribution in [3.05, 3.63) is 177 Å². The number of sulfonamides is 3. The van der Waals surface area contributed by atoms with Gasteiger partial charge in [0.25, 0.3) is 37.8 Å². The van der Waals surface area contributed by atoms with E-state index in [4.69, 9.17) is 35.3 Å². The molecular formula is C89H97ClN8O18S5. The van der Waals surface area contributed by atoms with Gasteiger partial charge in [-0.3, -0.25) is 33.6 Å². The standard InChI is InChI=1S/C31H31ClN2O5S2.C30H34N2O7S.C28H32N4O6S2/c1-19-25-17-22(32)10-12-28(25)40-31(19)41(37,38)33-13-4-6-21(18-33)27(35)16-20-9-11-26-29-23(20)7-3-8-24(29)30(36)34(26)14-5-15-39-2;1-37-16-6-15-32-25-12-10-20(23-8-4-9-24(29(23)25)30(32)34)17-26(33)21-7-5-14-31(19-21)40(35,36)22-11-13-27(38-2)28(18-22)39-3;1-17-27(39-28(29-17)30-18(2)33)40(36,37)31-12-5-7-20(16-31)24(34)15-19-10-11-23-25-21(19)8-4-9-22(25)26(35)32(23)13-6-14-38-3/h3,7-12,17,21H,4-6,13-16,18H2,1-2H3;4,8-13,18,21H,5-7,14-17,19H2,1-3H3;4,8-11,20H,5-7,12-16H2,1-3H3,(H,29,30,33). The number of thiophene rings is 1. The first-order valence-electron chi connectivity index (χ1n) is 40.4. The van der Waals surface area contributed by atoms with Crippen LogP contribution in [-0.2, 0) is 82.7 Å². The summed E-state index contributed by atoms with van der Waals surface area (Å²) in [5.74, 6) is -0.933. The number of nitrogens with one attached hydrogen (secondary N) is 1. The van der Waals surface area contributed by atoms with Gasteiger partial charge in [-0.2, -0.15) is 12.9 Å². The third-order valence-electron chi connectivity index (χ3n) is 23.5. The SMILES string of the molecule is COCCCN1C(=O)c2cccc3c(CC(=O)C4CCCN(S(=O)(=O)c5ccc(OC)c(OC)c5)C4)ccc1c23.COCCCN1C(=O)c2cccc3c(CC(=O)C4CCCN(S(=O)(=O)c5sc(NC(C)=O)nc5C)C4)ccc1c23.COCCCN1C(=O)c2cccc3c(CC(=O)C4CCCN(S(=O)(=O)c5sc6ccc(Cl)cc6c5C)C4)ccc1c23. The molecule has 3 atom stereocenters. The Labute approximate surface area is 717 Å². The summed E-state index contributed by atoms with van der Waals surface area (Å²) >= 11 is 8.34. The molecule has 26 nitrogen and oxygen atoms in total. The molecule has 3 unspecified atom stereocenters. The summed E-state index contributed by atoms with van der Waals surface area (Å²) in [5.41, 5.74) is 8.04. The normalized spacial score (nSPS) is 17.5. The number of hydrogen-bond acceptors (Lipinski definition) is 21. The van der Waals surface area contributed by atoms with Crippen LogP contribution in [0.15, 0.2) is 141 Å². The molecule has 0 aliphatic carbocycles. The summed E-state index contributed by atoms with van der Waals surface area (Å²) in [5, 5.41) is 9.45. The number of aryl methyl sites for hydroxylation is 2. The highest BCUT2D eigenvalue weighted by Crippen LogP contribution is 2.45. The van der Waals surface area contributed by atoms with E-state index >= 15 is 0 Å². The summed E-state index contributed by atoms with van der Waals surface area (Å²) in [7, 11) is -3.59. The van der Waals surface area contributed by atoms with Crippen LogP contribution in [0, 0.1) is 31.6 Å². The average molecular weight is 1760 g/mol. The highest BCUT2D eigenvalue weighted by molar-refractivity contribution is 7.91. The van der Waals surface area contributed by atoms with Crippen molar-refractivity contribution in [2.75, 3.05) is 134 Å². The number of nitrogens with zero attached hydrogens (tertiary/aromatic N) is 7. The highest BCUT2D eigenvalue weighted by Gasteiger charge is 2.41. The zero-order chi connectivity index (χ0) is 85.9. The largest absolute Gasteiger partial charge is 0.493 e. The van der Waals surface area contributed by atoms with Gasteiger partial charge in [-0.25, -0.2) is 30.2 Å². The van der Waals surface area contributed by atoms with Gasteiger partial charge in [-0.1, -0.05) is 77.5 Å². The molecule has 3 fully saturated rings. The average Bonchev–Trinajstić information content (AvgIpc) is 1.60. The fourth-order valence-corrected chi connectivity index (χ4v) is 25.7. The maximum Gasteiger partial charge on any atom is 0.258 e. The Balaban J connectivity index is 0.000000148. The number of anilines is 4. The minimum absolute atomic E-state index is 0.00538. The number of carbonyl (C=O) groups excluding carboxylic acids is 7. The Morgan fingerprint density at radius 3 is 1.28 bits per heavy atom. The van der Waals surface area contributed by atoms with Crippen molar-refractivity contribution >= 4 is 170 Å². The van der Waals surface area contributed by atoms with Crippen LogP contribution in [-0.4, -0.2) is 198 Å². The van der Waals surface area contributed by atoms with Crippen molar-refractivity contribution in [2.45, 2.75) is 111 Å². The number of ketones is 3. The van der Waals surface area contributed by atoms with E-state index in [9.17, 15) is 58.8 Å². The second-order valence-electron chi connectivity index (χ2n) is 31.1. The number of hydrogen-bond donors (Lipinski definition) is 1. The first-order valence-corrected chi connectivity index (χ1v) is 46.8. The van der Waals surface area contributed by atoms with Gasteiger partial charge in [0.2, 0.25) is 15.9 Å². The lowest BCUT2D eigenvalue weighted by Crippen LogP contribution is -2.42. The number of thiazole rings is 1. The van der Waals surface area contributed by atoms with Crippen molar-refractivity contribution in [1.29, 1.82) is 0 Å². The van der Waals surface area contributed by atoms with Crippen LogP contribution in [0.2, 0.25) is 5.02 Å². The van der Waals surface area contributed by atoms with Gasteiger partial charge < -0.3 is 43.7 Å². The predicted molar refractivity (Wildman–Crippen MR) is 469 cm³/mol. The molecule has 0 bridgehead atoms. The number of amides is 4. The molecule has 10 aromatic rings. The number of carbonyl (C=O) groups is 7. The van der Waals surface area contributed by atoms with Crippen LogP contribution in [0.4, 0.5) is 22.2 Å². The van der Waals surface area contributed by atoms with Crippen molar-refractivity contribution in [2.24, 2.45) is 17.8 Å². The number of benzene rings is 8. The lowest BCUT2D eigenvalue weighted by Gasteiger charge is -2.31. The first-order chi connectivity index (χ1) is 58.1. The van der Waals surface area contributed by atoms with E-state index in [-0.39, 0.29) is 94.1 Å². The van der Waals surface area contributed by atoms with Crippen LogP contribution < -0.4 is 29.5 Å². The monoisotopic (exact) mass is 1760 g/mol. The van der Waals surface area contributed by atoms with Gasteiger partial charge in [0, 0.05) is 193 Å². The molecule has 0 spiro atoms. The smallest absolute Gasteiger partial charge is 0.258 e. The van der Waals surface area contributed by atoms with Gasteiger partial charge in [-0.05, 0) is 182 Å². The van der Waals surface area contributed by atoms with E-state index in [0.717, 1.165) is 100 Å². The number of aromatic nitrogens is 1. The number of halogens is 1. The third kappa shape index (κ3) is 17.8. The summed E-state index contributed by atoms with van der Waals surface area (Å²) in [6.45, 7) is 9.57. The lowest BCUT2D eigenvalue weighted by atomic mass is 9.89. The lowest BCUT2D eigenvalue weighted by molar-refractivity contribution is -0.124. The Kier molecular flexibility index (Phi) is 27.1. The molecule has 32 heteroatoms. The van der Waals surface area contributed by atoms with Crippen LogP contribution in [0.25, 0.3) is 42.4 Å². The topological polar surface area (TPSA) is 312 Å². The summed E-state index contributed by atoms with van der Waals surface area (Å²) < 4.78 is 113. The second-order valence-corrected chi connectivity index (χ2v) is 39.8. The zero-order valence-corrected chi connectivity index (χ0v) is 73.6. The second kappa shape index (κ2) is 37.3. The molecule has 121 heavy (non-hydrogen) atoms. The minimum atomic E-state index is -3.87. The van der Waals surface area contributed by atoms with Crippen molar-refractivity contribution in [3.8, 4) is 11.5 Å². The van der Waals surface area contributed by atoms with E-state index in [0.29, 0.717) is 153 Å². The Morgan fingerprint density at radius 1 is 0.479 bits per heavy atom. The van der Waals surface area contributed by atoms with Crippen LogP contribution in [0.5, 0.6) is 11.5 Å². The number of piperidine rings is 3. The maximum atomic E-state index is 13.7. The molecule has 1 N–H and O–H groups in total. The molecule has 638 valence electrons. The molecule has 6 aliphatic heterocycles. The molecule has 0 saturated carbocycles. The Bertz CT molecular complexity index is 6120. The predicted octanol–water partition coefficient (Wildman–Crippen LogP) is 14.1. The van der Waals surface area contributed by atoms with E-state index in [1.807, 2.05) is 104 Å². The molecule has 8 heterocycles. The molecular weight excluding hydrogens is 1660 g/mol. The zero-order valence-electron chi connectivity index (χ0n) is 68.7. The van der Waals surface area contributed by atoms with E-state index < -0.39 is 47.8 Å². The van der Waals surface area contributed by atoms with Gasteiger partial charge in [0.05, 0.1) is 41.9 Å². The van der Waals surface area contributed by atoms with Crippen LogP contribution in [0.3, 0.4) is 0 Å². The van der Waals surface area contributed by atoms with Crippen molar-refractivity contribution in [1.82, 2.24) is 17.9 Å². The molecule has 4 amide bonds. The van der Waals surface area contributed by atoms with E-state index in [2.05, 4.69) is 10.3 Å². The van der Waals surface area contributed by atoms with Gasteiger partial charge >= 0.3 is 0 Å². The maximum absolute atomic E-state index is 13.7. The fraction of sp³-hybridized carbons (Fsp3) is 0.393. The molecule has 16 rings (SSSR count). The third-order valence-corrected chi connectivity index (χ3v) is 32.8. The molecule has 3 saturated heterocycles. The minimum Gasteiger partial charge on any atom is -0.493 e. The van der Waals surface area contributed by atoms with Crippen molar-refractivity contribution in [3.63, 3.8) is 0 Å². The highest BCUT2D eigenvalue weighted by atomic mass is 35.5. The van der Waals surface area contributed by atoms with Crippen LogP contribution in [0.1, 0.15) is 124 Å². The number of rotatable bonds is 30. The number of fused-ring (bicyclic) bond motifs is 1. The molecule has 8 aromatic carbocycles. The van der Waals surface area contributed by atoms with E-state index in [1.54, 1.807) is 61.2 Å². The van der Waals surface area contributed by atoms with Gasteiger partial charge in [0.1, 0.15) is 21.6 Å². The Hall–Kier alpha value is -9.48. The van der Waals surface area contributed by atoms with Gasteiger partial charge in [0.15, 0.2) is 20.8 Å². The van der Waals surface area contributed by atoms with E-state index in [1.165, 1.54) is 57.5 Å². The van der Waals surface area contributed by atoms with Gasteiger partial charge in [-0.15, -0.1) is 11.3 Å². The summed E-state index contributed by atoms with van der Waals surface area (Å²) in [6.07, 6.45) is 6.37. The number of Topliss-reactive ketones (excluding diaryl/α,β-unsaturated/α-hetero) is 3. The molecule has 2 aromatic heterocycles. The van der Waals surface area contributed by atoms with Crippen molar-refractivity contribution < 1.29 is 82.5 Å². The fourth-order valence-electron chi connectivity index (χ4n) is 17.4. The quantitative estimate of drug-likeness (QED) is 0.0409. The molecule has 0 radical (unpaired) electrons. The summed E-state index contributed by atoms with van der Waals surface area (Å²) in [4.78, 5) is 101. The summed E-state index contributed by atoms with van der Waals surface area (Å²) in [6, 6.07) is 38.3. The number of methoxy groups -OCH3 is 5. The first kappa shape index (κ1) is 87.9. The number of ether oxygens (including phenoxy) is 5. The Morgan fingerprint density at radius 2 is 0.884 bits per heavy atom. The molecule has 6 aliphatic rings.